The molecule has 1 aromatic rings. The maximum Gasteiger partial charge on any atom is 0.344 e. The molecule has 1 aromatic carbocycles. The number of hydrogen-bond acceptors (Lipinski definition) is 6. The summed E-state index contributed by atoms with van der Waals surface area (Å²) in [7, 11) is 1.53. The SMILES string of the molecule is CCOc1ccc(OCC(=O)OCC(=O)NCCOC)cc1. The Labute approximate surface area is 129 Å². The van der Waals surface area contributed by atoms with Gasteiger partial charge in [0.2, 0.25) is 0 Å². The minimum atomic E-state index is -0.615. The Morgan fingerprint density at radius 3 is 2.27 bits per heavy atom. The number of hydrogen-bond donors (Lipinski definition) is 1. The Hall–Kier alpha value is -2.28. The van der Waals surface area contributed by atoms with E-state index in [2.05, 4.69) is 5.32 Å². The van der Waals surface area contributed by atoms with Gasteiger partial charge >= 0.3 is 5.97 Å². The summed E-state index contributed by atoms with van der Waals surface area (Å²) >= 11 is 0. The van der Waals surface area contributed by atoms with E-state index in [-0.39, 0.29) is 19.1 Å². The second kappa shape index (κ2) is 10.4. The van der Waals surface area contributed by atoms with Gasteiger partial charge in [-0.05, 0) is 31.2 Å². The fourth-order valence-electron chi connectivity index (χ4n) is 1.47. The van der Waals surface area contributed by atoms with E-state index in [9.17, 15) is 9.59 Å². The first kappa shape index (κ1) is 17.8. The molecule has 0 spiro atoms. The Morgan fingerprint density at radius 2 is 1.68 bits per heavy atom. The van der Waals surface area contributed by atoms with Crippen LogP contribution in [0.5, 0.6) is 11.5 Å². The minimum absolute atomic E-state index is 0.265. The van der Waals surface area contributed by atoms with Crippen molar-refractivity contribution in [2.24, 2.45) is 0 Å². The van der Waals surface area contributed by atoms with E-state index in [1.165, 1.54) is 7.11 Å². The van der Waals surface area contributed by atoms with Crippen LogP contribution in [0.1, 0.15) is 6.92 Å². The quantitative estimate of drug-likeness (QED) is 0.507. The molecular weight excluding hydrogens is 290 g/mol. The molecule has 0 saturated heterocycles. The van der Waals surface area contributed by atoms with Crippen LogP contribution in [0.3, 0.4) is 0 Å². The zero-order valence-corrected chi connectivity index (χ0v) is 12.8. The fraction of sp³-hybridized carbons (Fsp3) is 0.467. The van der Waals surface area contributed by atoms with E-state index in [4.69, 9.17) is 18.9 Å². The molecule has 0 bridgehead atoms. The molecule has 0 fully saturated rings. The first-order valence-electron chi connectivity index (χ1n) is 6.92. The molecule has 0 radical (unpaired) electrons. The van der Waals surface area contributed by atoms with E-state index in [1.54, 1.807) is 24.3 Å². The van der Waals surface area contributed by atoms with Crippen molar-refractivity contribution in [2.75, 3.05) is 40.1 Å². The fourth-order valence-corrected chi connectivity index (χ4v) is 1.47. The zero-order valence-electron chi connectivity index (χ0n) is 12.8. The molecule has 22 heavy (non-hydrogen) atoms. The Morgan fingerprint density at radius 1 is 1.05 bits per heavy atom. The lowest BCUT2D eigenvalue weighted by atomic mass is 10.3. The molecule has 0 aliphatic rings. The van der Waals surface area contributed by atoms with Gasteiger partial charge < -0.3 is 24.3 Å². The molecule has 0 aliphatic carbocycles. The van der Waals surface area contributed by atoms with E-state index in [1.807, 2.05) is 6.92 Å². The molecule has 0 heterocycles. The molecule has 7 nitrogen and oxygen atoms in total. The first-order chi connectivity index (χ1) is 10.7. The lowest BCUT2D eigenvalue weighted by molar-refractivity contribution is -0.150. The highest BCUT2D eigenvalue weighted by Gasteiger charge is 2.08. The molecule has 0 aliphatic heterocycles. The van der Waals surface area contributed by atoms with Crippen molar-refractivity contribution in [3.63, 3.8) is 0 Å². The van der Waals surface area contributed by atoms with Gasteiger partial charge in [0.05, 0.1) is 13.2 Å². The number of carbonyl (C=O) groups excluding carboxylic acids is 2. The van der Waals surface area contributed by atoms with Crippen LogP contribution in [0.2, 0.25) is 0 Å². The minimum Gasteiger partial charge on any atom is -0.494 e. The smallest absolute Gasteiger partial charge is 0.344 e. The third-order valence-electron chi connectivity index (χ3n) is 2.48. The van der Waals surface area contributed by atoms with Crippen molar-refractivity contribution in [3.8, 4) is 11.5 Å². The monoisotopic (exact) mass is 311 g/mol. The molecule has 1 N–H and O–H groups in total. The molecule has 0 saturated carbocycles. The van der Waals surface area contributed by atoms with Crippen LogP contribution in [0, 0.1) is 0 Å². The third kappa shape index (κ3) is 7.49. The highest BCUT2D eigenvalue weighted by Crippen LogP contribution is 2.17. The maximum absolute atomic E-state index is 11.4. The summed E-state index contributed by atoms with van der Waals surface area (Å²) in [5.41, 5.74) is 0. The van der Waals surface area contributed by atoms with Gasteiger partial charge in [0.15, 0.2) is 13.2 Å². The molecule has 0 atom stereocenters. The zero-order chi connectivity index (χ0) is 16.2. The Bertz CT molecular complexity index is 460. The number of amides is 1. The normalized spacial score (nSPS) is 9.91. The van der Waals surface area contributed by atoms with E-state index >= 15 is 0 Å². The number of esters is 1. The molecule has 1 amide bonds. The van der Waals surface area contributed by atoms with Crippen LogP contribution >= 0.6 is 0 Å². The van der Waals surface area contributed by atoms with Crippen molar-refractivity contribution < 1.29 is 28.5 Å². The average molecular weight is 311 g/mol. The van der Waals surface area contributed by atoms with Crippen LogP contribution in [0.4, 0.5) is 0 Å². The summed E-state index contributed by atoms with van der Waals surface area (Å²) in [6.45, 7) is 2.65. The predicted molar refractivity (Wildman–Crippen MR) is 79.0 cm³/mol. The third-order valence-corrected chi connectivity index (χ3v) is 2.48. The maximum atomic E-state index is 11.4. The number of benzene rings is 1. The van der Waals surface area contributed by atoms with Crippen molar-refractivity contribution in [1.82, 2.24) is 5.32 Å². The number of rotatable bonds is 10. The number of ether oxygens (including phenoxy) is 4. The molecule has 0 aromatic heterocycles. The van der Waals surface area contributed by atoms with Crippen molar-refractivity contribution in [2.45, 2.75) is 6.92 Å². The van der Waals surface area contributed by atoms with Crippen molar-refractivity contribution in [3.05, 3.63) is 24.3 Å². The predicted octanol–water partition coefficient (Wildman–Crippen LogP) is 0.770. The van der Waals surface area contributed by atoms with Gasteiger partial charge in [-0.3, -0.25) is 4.79 Å². The lowest BCUT2D eigenvalue weighted by Gasteiger charge is -2.08. The lowest BCUT2D eigenvalue weighted by Crippen LogP contribution is -2.32. The van der Waals surface area contributed by atoms with E-state index in [0.29, 0.717) is 25.5 Å². The summed E-state index contributed by atoms with van der Waals surface area (Å²) in [4.78, 5) is 22.7. The molecule has 1 rings (SSSR count). The second-order valence-corrected chi connectivity index (χ2v) is 4.20. The number of nitrogens with one attached hydrogen (secondary N) is 1. The van der Waals surface area contributed by atoms with Gasteiger partial charge in [0, 0.05) is 13.7 Å². The first-order valence-corrected chi connectivity index (χ1v) is 6.92. The largest absolute Gasteiger partial charge is 0.494 e. The molecule has 122 valence electrons. The molecular formula is C15H21NO6. The van der Waals surface area contributed by atoms with E-state index in [0.717, 1.165) is 5.75 Å². The van der Waals surface area contributed by atoms with Gasteiger partial charge in [0.25, 0.3) is 5.91 Å². The van der Waals surface area contributed by atoms with Gasteiger partial charge in [-0.15, -0.1) is 0 Å². The molecule has 0 unspecified atom stereocenters. The van der Waals surface area contributed by atoms with Gasteiger partial charge in [-0.1, -0.05) is 0 Å². The second-order valence-electron chi connectivity index (χ2n) is 4.20. The van der Waals surface area contributed by atoms with Crippen LogP contribution in [-0.4, -0.2) is 52.0 Å². The van der Waals surface area contributed by atoms with E-state index < -0.39 is 5.97 Å². The number of methoxy groups -OCH3 is 1. The highest BCUT2D eigenvalue weighted by molar-refractivity contribution is 5.80. The summed E-state index contributed by atoms with van der Waals surface area (Å²) in [5, 5.41) is 2.54. The standard InChI is InChI=1S/C15H21NO6/c1-3-20-12-4-6-13(7-5-12)21-11-15(18)22-10-14(17)16-8-9-19-2/h4-7H,3,8-11H2,1-2H3,(H,16,17). The van der Waals surface area contributed by atoms with Crippen LogP contribution < -0.4 is 14.8 Å². The van der Waals surface area contributed by atoms with Crippen molar-refractivity contribution in [1.29, 1.82) is 0 Å². The van der Waals surface area contributed by atoms with Crippen molar-refractivity contribution >= 4 is 11.9 Å². The summed E-state index contributed by atoms with van der Waals surface area (Å²) < 4.78 is 20.1. The van der Waals surface area contributed by atoms with Crippen LogP contribution in [0.25, 0.3) is 0 Å². The van der Waals surface area contributed by atoms with Crippen LogP contribution in [0.15, 0.2) is 24.3 Å². The van der Waals surface area contributed by atoms with Gasteiger partial charge in [0.1, 0.15) is 11.5 Å². The summed E-state index contributed by atoms with van der Waals surface area (Å²) in [6, 6.07) is 6.87. The average Bonchev–Trinajstić information content (AvgIpc) is 2.53. The number of carbonyl (C=O) groups is 2. The Balaban J connectivity index is 2.21. The summed E-state index contributed by atoms with van der Waals surface area (Å²) in [6.07, 6.45) is 0. The highest BCUT2D eigenvalue weighted by atomic mass is 16.6. The van der Waals surface area contributed by atoms with Crippen LogP contribution in [-0.2, 0) is 19.1 Å². The summed E-state index contributed by atoms with van der Waals surface area (Å²) in [5.74, 6) is 0.248. The molecule has 7 heteroatoms. The Kier molecular flexibility index (Phi) is 8.44. The van der Waals surface area contributed by atoms with Gasteiger partial charge in [-0.25, -0.2) is 4.79 Å². The topological polar surface area (TPSA) is 83.1 Å². The van der Waals surface area contributed by atoms with Gasteiger partial charge in [-0.2, -0.15) is 0 Å².